The van der Waals surface area contributed by atoms with Gasteiger partial charge < -0.3 is 0 Å². The fraction of sp³-hybridized carbons (Fsp3) is 0.667. The van der Waals surface area contributed by atoms with E-state index in [1.807, 2.05) is 13.0 Å². The van der Waals surface area contributed by atoms with Gasteiger partial charge in [-0.1, -0.05) is 25.0 Å². The minimum atomic E-state index is 0.441. The average molecular weight is 178 g/mol. The number of nitrogens with zero attached hydrogens (tertiary/aromatic N) is 4. The Morgan fingerprint density at radius 2 is 2.23 bits per heavy atom. The quantitative estimate of drug-likeness (QED) is 0.659. The lowest BCUT2D eigenvalue weighted by atomic mass is 10.2. The van der Waals surface area contributed by atoms with Gasteiger partial charge in [-0.2, -0.15) is 5.26 Å². The van der Waals surface area contributed by atoms with Crippen molar-refractivity contribution in [3.05, 3.63) is 11.4 Å². The molecule has 0 unspecified atom stereocenters. The molecular formula is C9H14N4. The normalized spacial score (nSPS) is 9.92. The Morgan fingerprint density at radius 1 is 1.46 bits per heavy atom. The van der Waals surface area contributed by atoms with Crippen LogP contribution in [-0.2, 0) is 6.54 Å². The molecule has 0 aliphatic carbocycles. The molecule has 0 spiro atoms. The first-order valence-electron chi connectivity index (χ1n) is 4.59. The van der Waals surface area contributed by atoms with E-state index in [0.29, 0.717) is 5.69 Å². The van der Waals surface area contributed by atoms with E-state index in [1.54, 1.807) is 4.68 Å². The molecule has 1 rings (SSSR count). The summed E-state index contributed by atoms with van der Waals surface area (Å²) in [6.07, 6.45) is 3.49. The van der Waals surface area contributed by atoms with E-state index in [-0.39, 0.29) is 0 Å². The van der Waals surface area contributed by atoms with Crippen LogP contribution in [0.2, 0.25) is 0 Å². The Labute approximate surface area is 78.2 Å². The van der Waals surface area contributed by atoms with Crippen LogP contribution in [0, 0.1) is 18.3 Å². The van der Waals surface area contributed by atoms with E-state index in [0.717, 1.165) is 18.7 Å². The Bertz CT molecular complexity index is 308. The largest absolute Gasteiger partial charge is 0.248 e. The van der Waals surface area contributed by atoms with Crippen molar-refractivity contribution in [3.8, 4) is 6.07 Å². The molecule has 0 saturated heterocycles. The molecule has 4 heteroatoms. The number of aryl methyl sites for hydroxylation is 1. The van der Waals surface area contributed by atoms with Crippen LogP contribution in [0.15, 0.2) is 0 Å². The van der Waals surface area contributed by atoms with Gasteiger partial charge in [0, 0.05) is 6.54 Å². The van der Waals surface area contributed by atoms with E-state index in [4.69, 9.17) is 5.26 Å². The summed E-state index contributed by atoms with van der Waals surface area (Å²) in [6, 6.07) is 2.01. The van der Waals surface area contributed by atoms with Crippen LogP contribution < -0.4 is 0 Å². The molecular weight excluding hydrogens is 164 g/mol. The molecule has 0 saturated carbocycles. The fourth-order valence-corrected chi connectivity index (χ4v) is 1.19. The van der Waals surface area contributed by atoms with Crippen LogP contribution in [0.4, 0.5) is 0 Å². The first-order valence-corrected chi connectivity index (χ1v) is 4.59. The average Bonchev–Trinajstić information content (AvgIpc) is 2.48. The predicted molar refractivity (Wildman–Crippen MR) is 49.0 cm³/mol. The highest BCUT2D eigenvalue weighted by Gasteiger charge is 2.05. The van der Waals surface area contributed by atoms with Crippen molar-refractivity contribution in [2.45, 2.75) is 39.7 Å². The van der Waals surface area contributed by atoms with E-state index in [2.05, 4.69) is 17.2 Å². The molecule has 0 bridgehead atoms. The summed E-state index contributed by atoms with van der Waals surface area (Å²) in [5.41, 5.74) is 1.31. The van der Waals surface area contributed by atoms with Crippen LogP contribution in [-0.4, -0.2) is 15.0 Å². The van der Waals surface area contributed by atoms with E-state index < -0.39 is 0 Å². The molecule has 0 N–H and O–H groups in total. The van der Waals surface area contributed by atoms with Gasteiger partial charge in [0.2, 0.25) is 0 Å². The summed E-state index contributed by atoms with van der Waals surface area (Å²) in [5.74, 6) is 0. The minimum absolute atomic E-state index is 0.441. The zero-order valence-corrected chi connectivity index (χ0v) is 8.12. The second-order valence-corrected chi connectivity index (χ2v) is 3.07. The molecule has 0 fully saturated rings. The Morgan fingerprint density at radius 3 is 2.77 bits per heavy atom. The van der Waals surface area contributed by atoms with Gasteiger partial charge in [-0.25, -0.2) is 4.68 Å². The van der Waals surface area contributed by atoms with E-state index >= 15 is 0 Å². The summed E-state index contributed by atoms with van der Waals surface area (Å²) in [7, 11) is 0. The summed E-state index contributed by atoms with van der Waals surface area (Å²) in [6.45, 7) is 4.91. The number of hydrogen-bond acceptors (Lipinski definition) is 3. The molecule has 1 aromatic heterocycles. The SMILES string of the molecule is CCCCCn1nnc(C#N)c1C. The second kappa shape index (κ2) is 4.61. The van der Waals surface area contributed by atoms with Gasteiger partial charge in [0.05, 0.1) is 5.69 Å². The van der Waals surface area contributed by atoms with Crippen molar-refractivity contribution in [3.63, 3.8) is 0 Å². The molecule has 0 aliphatic rings. The van der Waals surface area contributed by atoms with Gasteiger partial charge in [0.15, 0.2) is 5.69 Å². The van der Waals surface area contributed by atoms with Crippen molar-refractivity contribution in [1.82, 2.24) is 15.0 Å². The summed E-state index contributed by atoms with van der Waals surface area (Å²) in [4.78, 5) is 0. The topological polar surface area (TPSA) is 54.5 Å². The zero-order chi connectivity index (χ0) is 9.68. The first-order chi connectivity index (χ1) is 6.29. The smallest absolute Gasteiger partial charge is 0.185 e. The molecule has 70 valence electrons. The predicted octanol–water partition coefficient (Wildman–Crippen LogP) is 1.65. The lowest BCUT2D eigenvalue weighted by molar-refractivity contribution is 0.527. The molecule has 4 nitrogen and oxygen atoms in total. The first kappa shape index (κ1) is 9.72. The third kappa shape index (κ3) is 2.28. The van der Waals surface area contributed by atoms with Crippen LogP contribution in [0.3, 0.4) is 0 Å². The van der Waals surface area contributed by atoms with Crippen LogP contribution in [0.5, 0.6) is 0 Å². The van der Waals surface area contributed by atoms with Gasteiger partial charge in [0.25, 0.3) is 0 Å². The van der Waals surface area contributed by atoms with Crippen molar-refractivity contribution < 1.29 is 0 Å². The molecule has 1 heterocycles. The maximum atomic E-state index is 8.64. The summed E-state index contributed by atoms with van der Waals surface area (Å²) < 4.78 is 1.80. The van der Waals surface area contributed by atoms with Gasteiger partial charge in [-0.05, 0) is 13.3 Å². The number of hydrogen-bond donors (Lipinski definition) is 0. The van der Waals surface area contributed by atoms with E-state index in [9.17, 15) is 0 Å². The van der Waals surface area contributed by atoms with Crippen molar-refractivity contribution in [2.75, 3.05) is 0 Å². The molecule has 13 heavy (non-hydrogen) atoms. The molecule has 0 aromatic carbocycles. The van der Waals surface area contributed by atoms with Crippen molar-refractivity contribution in [1.29, 1.82) is 5.26 Å². The lowest BCUT2D eigenvalue weighted by Gasteiger charge is -2.00. The second-order valence-electron chi connectivity index (χ2n) is 3.07. The van der Waals surface area contributed by atoms with Crippen LogP contribution in [0.1, 0.15) is 37.6 Å². The Hall–Kier alpha value is -1.37. The maximum absolute atomic E-state index is 8.64. The number of unbranched alkanes of at least 4 members (excludes halogenated alkanes) is 2. The fourth-order valence-electron chi connectivity index (χ4n) is 1.19. The highest BCUT2D eigenvalue weighted by Crippen LogP contribution is 2.04. The van der Waals surface area contributed by atoms with Crippen molar-refractivity contribution in [2.24, 2.45) is 0 Å². The monoisotopic (exact) mass is 178 g/mol. The highest BCUT2D eigenvalue weighted by atomic mass is 15.4. The number of aromatic nitrogens is 3. The van der Waals surface area contributed by atoms with E-state index in [1.165, 1.54) is 12.8 Å². The van der Waals surface area contributed by atoms with Crippen LogP contribution in [0.25, 0.3) is 0 Å². The standard InChI is InChI=1S/C9H14N4/c1-3-4-5-6-13-8(2)9(7-10)11-12-13/h3-6H2,1-2H3. The molecule has 1 aromatic rings. The number of rotatable bonds is 4. The number of nitriles is 1. The lowest BCUT2D eigenvalue weighted by Crippen LogP contribution is -2.02. The third-order valence-electron chi connectivity index (χ3n) is 2.06. The molecule has 0 radical (unpaired) electrons. The maximum Gasteiger partial charge on any atom is 0.185 e. The Balaban J connectivity index is 2.58. The van der Waals surface area contributed by atoms with Gasteiger partial charge in [0.1, 0.15) is 6.07 Å². The summed E-state index contributed by atoms with van der Waals surface area (Å²) in [5, 5.41) is 16.3. The van der Waals surface area contributed by atoms with Crippen molar-refractivity contribution >= 4 is 0 Å². The van der Waals surface area contributed by atoms with Crippen LogP contribution >= 0.6 is 0 Å². The minimum Gasteiger partial charge on any atom is -0.248 e. The Kier molecular flexibility index (Phi) is 3.44. The molecule has 0 aliphatic heterocycles. The molecule has 0 atom stereocenters. The third-order valence-corrected chi connectivity index (χ3v) is 2.06. The van der Waals surface area contributed by atoms with Gasteiger partial charge in [-0.15, -0.1) is 5.10 Å². The summed E-state index contributed by atoms with van der Waals surface area (Å²) >= 11 is 0. The van der Waals surface area contributed by atoms with Gasteiger partial charge in [-0.3, -0.25) is 0 Å². The molecule has 0 amide bonds. The zero-order valence-electron chi connectivity index (χ0n) is 8.12. The highest BCUT2D eigenvalue weighted by molar-refractivity contribution is 5.22. The van der Waals surface area contributed by atoms with Gasteiger partial charge >= 0.3 is 0 Å².